The van der Waals surface area contributed by atoms with E-state index < -0.39 is 0 Å². The van der Waals surface area contributed by atoms with Gasteiger partial charge in [0.05, 0.1) is 26.9 Å². The Morgan fingerprint density at radius 3 is 1.68 bits per heavy atom. The van der Waals surface area contributed by atoms with Crippen molar-refractivity contribution in [1.82, 2.24) is 0 Å². The molecule has 0 amide bonds. The summed E-state index contributed by atoms with van der Waals surface area (Å²) in [4.78, 5) is 0.170. The molecule has 0 N–H and O–H groups in total. The summed E-state index contributed by atoms with van der Waals surface area (Å²) in [5.41, 5.74) is 1.03. The van der Waals surface area contributed by atoms with Crippen molar-refractivity contribution in [3.8, 4) is 17.2 Å². The van der Waals surface area contributed by atoms with Crippen LogP contribution in [0.15, 0.2) is 12.1 Å². The molecule has 19 heavy (non-hydrogen) atoms. The van der Waals surface area contributed by atoms with Gasteiger partial charge >= 0.3 is 0 Å². The van der Waals surface area contributed by atoms with Gasteiger partial charge in [-0.15, -0.1) is 0 Å². The van der Waals surface area contributed by atoms with E-state index in [2.05, 4.69) is 36.7 Å². The topological polar surface area (TPSA) is 27.7 Å². The Hall–Kier alpha value is -0.900. The molecular weight excluding hydrogens is 308 g/mol. The monoisotopic (exact) mass is 330 g/mol. The number of methoxy groups -OCH3 is 3. The second-order valence-electron chi connectivity index (χ2n) is 4.95. The first kappa shape index (κ1) is 16.2. The Bertz CT molecular complexity index is 393. The molecule has 108 valence electrons. The van der Waals surface area contributed by atoms with Gasteiger partial charge < -0.3 is 14.2 Å². The summed E-state index contributed by atoms with van der Waals surface area (Å²) in [6.07, 6.45) is 0. The molecule has 0 saturated carbocycles. The van der Waals surface area contributed by atoms with Crippen molar-refractivity contribution in [2.75, 3.05) is 21.3 Å². The third kappa shape index (κ3) is 3.56. The van der Waals surface area contributed by atoms with Gasteiger partial charge in [0.1, 0.15) is 17.2 Å². The number of alkyl halides is 1. The summed E-state index contributed by atoms with van der Waals surface area (Å²) in [5, 5.41) is 0. The van der Waals surface area contributed by atoms with E-state index in [9.17, 15) is 0 Å². The second-order valence-corrected chi connectivity index (χ2v) is 5.94. The van der Waals surface area contributed by atoms with E-state index in [1.54, 1.807) is 21.3 Å². The van der Waals surface area contributed by atoms with Gasteiger partial charge in [-0.1, -0.05) is 36.7 Å². The number of halogens is 1. The number of hydrogen-bond donors (Lipinski definition) is 0. The number of benzene rings is 1. The molecule has 0 fully saturated rings. The smallest absolute Gasteiger partial charge is 0.130 e. The van der Waals surface area contributed by atoms with Crippen LogP contribution in [0.25, 0.3) is 0 Å². The van der Waals surface area contributed by atoms with Crippen LogP contribution in [0, 0.1) is 11.8 Å². The maximum Gasteiger partial charge on any atom is 0.130 e. The Morgan fingerprint density at radius 1 is 0.895 bits per heavy atom. The number of ether oxygens (including phenoxy) is 3. The lowest BCUT2D eigenvalue weighted by atomic mass is 9.90. The van der Waals surface area contributed by atoms with Crippen LogP contribution in [0.3, 0.4) is 0 Å². The highest BCUT2D eigenvalue weighted by molar-refractivity contribution is 9.09. The van der Waals surface area contributed by atoms with Crippen LogP contribution in [0.5, 0.6) is 17.2 Å². The van der Waals surface area contributed by atoms with Gasteiger partial charge in [0.2, 0.25) is 0 Å². The Labute approximate surface area is 124 Å². The van der Waals surface area contributed by atoms with Crippen molar-refractivity contribution in [3.05, 3.63) is 17.7 Å². The van der Waals surface area contributed by atoms with E-state index in [-0.39, 0.29) is 4.83 Å². The molecule has 0 aliphatic heterocycles. The van der Waals surface area contributed by atoms with Gasteiger partial charge in [-0.3, -0.25) is 0 Å². The van der Waals surface area contributed by atoms with Gasteiger partial charge in [-0.2, -0.15) is 0 Å². The minimum Gasteiger partial charge on any atom is -0.496 e. The summed E-state index contributed by atoms with van der Waals surface area (Å²) >= 11 is 3.78. The second kappa shape index (κ2) is 7.04. The zero-order chi connectivity index (χ0) is 14.6. The molecule has 1 aromatic carbocycles. The van der Waals surface area contributed by atoms with Crippen molar-refractivity contribution < 1.29 is 14.2 Å². The molecule has 0 bridgehead atoms. The molecule has 0 radical (unpaired) electrons. The van der Waals surface area contributed by atoms with Crippen LogP contribution in [0.4, 0.5) is 0 Å². The fraction of sp³-hybridized carbons (Fsp3) is 0.600. The molecule has 0 saturated heterocycles. The average Bonchev–Trinajstić information content (AvgIpc) is 2.43. The SMILES string of the molecule is COc1cc(OC)c(C(Br)C(C)C(C)C)c(OC)c1. The van der Waals surface area contributed by atoms with Gasteiger partial charge in [0, 0.05) is 17.0 Å². The van der Waals surface area contributed by atoms with Gasteiger partial charge in [0.25, 0.3) is 0 Å². The normalized spacial score (nSPS) is 14.1. The molecule has 1 rings (SSSR count). The van der Waals surface area contributed by atoms with E-state index in [4.69, 9.17) is 14.2 Å². The van der Waals surface area contributed by atoms with E-state index in [0.29, 0.717) is 11.8 Å². The molecule has 2 atom stereocenters. The van der Waals surface area contributed by atoms with Crippen molar-refractivity contribution in [2.24, 2.45) is 11.8 Å². The third-order valence-electron chi connectivity index (χ3n) is 3.54. The van der Waals surface area contributed by atoms with E-state index in [1.807, 2.05) is 12.1 Å². The first-order valence-corrected chi connectivity index (χ1v) is 7.31. The van der Waals surface area contributed by atoms with E-state index in [0.717, 1.165) is 22.8 Å². The molecule has 0 aromatic heterocycles. The van der Waals surface area contributed by atoms with E-state index >= 15 is 0 Å². The maximum absolute atomic E-state index is 5.49. The Kier molecular flexibility index (Phi) is 5.98. The van der Waals surface area contributed by atoms with Crippen LogP contribution < -0.4 is 14.2 Å². The lowest BCUT2D eigenvalue weighted by Gasteiger charge is -2.25. The van der Waals surface area contributed by atoms with Crippen molar-refractivity contribution in [3.63, 3.8) is 0 Å². The summed E-state index contributed by atoms with van der Waals surface area (Å²) in [7, 11) is 4.96. The predicted octanol–water partition coefficient (Wildman–Crippen LogP) is 4.44. The minimum absolute atomic E-state index is 0.170. The Balaban J connectivity index is 3.31. The minimum atomic E-state index is 0.170. The van der Waals surface area contributed by atoms with Crippen LogP contribution >= 0.6 is 15.9 Å². The first-order chi connectivity index (χ1) is 8.96. The molecule has 0 aliphatic rings. The molecule has 0 spiro atoms. The van der Waals surface area contributed by atoms with E-state index in [1.165, 1.54) is 0 Å². The fourth-order valence-corrected chi connectivity index (χ4v) is 2.97. The molecule has 0 aliphatic carbocycles. The molecule has 0 heterocycles. The summed E-state index contributed by atoms with van der Waals surface area (Å²) in [6.45, 7) is 6.63. The quantitative estimate of drug-likeness (QED) is 0.721. The van der Waals surface area contributed by atoms with Gasteiger partial charge in [0.15, 0.2) is 0 Å². The lowest BCUT2D eigenvalue weighted by molar-refractivity contribution is 0.352. The largest absolute Gasteiger partial charge is 0.496 e. The van der Waals surface area contributed by atoms with Gasteiger partial charge in [-0.25, -0.2) is 0 Å². The zero-order valence-electron chi connectivity index (χ0n) is 12.5. The standard InChI is InChI=1S/C15H23BrO3/c1-9(2)10(3)15(16)14-12(18-5)7-11(17-4)8-13(14)19-6/h7-10,15H,1-6H3. The predicted molar refractivity (Wildman–Crippen MR) is 81.8 cm³/mol. The zero-order valence-corrected chi connectivity index (χ0v) is 14.1. The van der Waals surface area contributed by atoms with Crippen LogP contribution in [0.2, 0.25) is 0 Å². The maximum atomic E-state index is 5.49. The number of hydrogen-bond acceptors (Lipinski definition) is 3. The molecule has 1 aromatic rings. The third-order valence-corrected chi connectivity index (χ3v) is 4.83. The van der Waals surface area contributed by atoms with Crippen LogP contribution in [-0.2, 0) is 0 Å². The average molecular weight is 331 g/mol. The summed E-state index contributed by atoms with van der Waals surface area (Å²) < 4.78 is 16.2. The highest BCUT2D eigenvalue weighted by Gasteiger charge is 2.26. The highest BCUT2D eigenvalue weighted by atomic mass is 79.9. The Morgan fingerprint density at radius 2 is 1.37 bits per heavy atom. The van der Waals surface area contributed by atoms with Crippen LogP contribution in [-0.4, -0.2) is 21.3 Å². The van der Waals surface area contributed by atoms with Crippen molar-refractivity contribution in [1.29, 1.82) is 0 Å². The molecule has 4 heteroatoms. The molecule has 3 nitrogen and oxygen atoms in total. The molecular formula is C15H23BrO3. The lowest BCUT2D eigenvalue weighted by Crippen LogP contribution is -2.12. The van der Waals surface area contributed by atoms with Crippen LogP contribution in [0.1, 0.15) is 31.2 Å². The first-order valence-electron chi connectivity index (χ1n) is 6.40. The number of rotatable bonds is 6. The molecule has 2 unspecified atom stereocenters. The van der Waals surface area contributed by atoms with Crippen molar-refractivity contribution >= 4 is 15.9 Å². The van der Waals surface area contributed by atoms with Crippen molar-refractivity contribution in [2.45, 2.75) is 25.6 Å². The summed E-state index contributed by atoms with van der Waals surface area (Å²) in [5.74, 6) is 3.31. The van der Waals surface area contributed by atoms with Gasteiger partial charge in [-0.05, 0) is 11.8 Å². The highest BCUT2D eigenvalue weighted by Crippen LogP contribution is 2.46. The summed E-state index contributed by atoms with van der Waals surface area (Å²) in [6, 6.07) is 3.78. The fourth-order valence-electron chi connectivity index (χ4n) is 1.91.